The summed E-state index contributed by atoms with van der Waals surface area (Å²) in [6, 6.07) is 6.50. The molecule has 0 unspecified atom stereocenters. The first kappa shape index (κ1) is 16.9. The lowest BCUT2D eigenvalue weighted by Crippen LogP contribution is -2.36. The largest absolute Gasteiger partial charge is 0.293 e. The molecule has 0 aliphatic heterocycles. The van der Waals surface area contributed by atoms with Gasteiger partial charge in [-0.1, -0.05) is 43.5 Å². The minimum Gasteiger partial charge on any atom is -0.293 e. The molecule has 1 aromatic rings. The Kier molecular flexibility index (Phi) is 6.94. The molecule has 0 saturated heterocycles. The predicted molar refractivity (Wildman–Crippen MR) is 86.5 cm³/mol. The molecule has 0 spiro atoms. The van der Waals surface area contributed by atoms with Gasteiger partial charge in [-0.05, 0) is 46.2 Å². The molecule has 20 heavy (non-hydrogen) atoms. The van der Waals surface area contributed by atoms with E-state index >= 15 is 0 Å². The number of nitrogens with zero attached hydrogens (tertiary/aromatic N) is 1. The van der Waals surface area contributed by atoms with E-state index in [1.165, 1.54) is 24.8 Å². The number of benzene rings is 1. The van der Waals surface area contributed by atoms with Crippen LogP contribution >= 0.6 is 0 Å². The van der Waals surface area contributed by atoms with E-state index < -0.39 is 0 Å². The summed E-state index contributed by atoms with van der Waals surface area (Å²) < 4.78 is 0. The summed E-state index contributed by atoms with van der Waals surface area (Å²) in [6.07, 6.45) is 3.63. The maximum absolute atomic E-state index is 12.5. The molecular formula is C18H29NO. The number of hydrogen-bond acceptors (Lipinski definition) is 2. The Hall–Kier alpha value is -1.15. The van der Waals surface area contributed by atoms with E-state index in [1.54, 1.807) is 0 Å². The van der Waals surface area contributed by atoms with Crippen molar-refractivity contribution in [1.82, 2.24) is 4.90 Å². The fraction of sp³-hybridized carbons (Fsp3) is 0.611. The van der Waals surface area contributed by atoms with Crippen molar-refractivity contribution in [3.05, 3.63) is 34.9 Å². The Labute approximate surface area is 124 Å². The van der Waals surface area contributed by atoms with Crippen LogP contribution in [0.3, 0.4) is 0 Å². The zero-order valence-corrected chi connectivity index (χ0v) is 13.7. The molecule has 0 aromatic heterocycles. The van der Waals surface area contributed by atoms with Crippen LogP contribution in [0.4, 0.5) is 0 Å². The number of unbranched alkanes of at least 4 members (excludes halogenated alkanes) is 2. The van der Waals surface area contributed by atoms with E-state index in [0.29, 0.717) is 12.6 Å². The topological polar surface area (TPSA) is 20.3 Å². The fourth-order valence-corrected chi connectivity index (χ4v) is 2.48. The summed E-state index contributed by atoms with van der Waals surface area (Å²) in [5, 5.41) is 0. The zero-order chi connectivity index (χ0) is 15.1. The highest BCUT2D eigenvalue weighted by molar-refractivity contribution is 5.99. The summed E-state index contributed by atoms with van der Waals surface area (Å²) >= 11 is 0. The van der Waals surface area contributed by atoms with E-state index in [-0.39, 0.29) is 5.78 Å². The number of Topliss-reactive ketones (excluding diaryl/α,β-unsaturated/α-hetero) is 1. The van der Waals surface area contributed by atoms with Crippen LogP contribution < -0.4 is 0 Å². The van der Waals surface area contributed by atoms with Crippen LogP contribution in [0.2, 0.25) is 0 Å². The zero-order valence-electron chi connectivity index (χ0n) is 13.7. The van der Waals surface area contributed by atoms with Crippen LogP contribution in [0.1, 0.15) is 61.5 Å². The van der Waals surface area contributed by atoms with Gasteiger partial charge >= 0.3 is 0 Å². The number of carbonyl (C=O) groups is 1. The summed E-state index contributed by atoms with van der Waals surface area (Å²) in [5.41, 5.74) is 3.17. The van der Waals surface area contributed by atoms with Crippen LogP contribution in [0.5, 0.6) is 0 Å². The standard InChI is InChI=1S/C18H29NO/c1-6-7-8-11-19(14(2)3)13-18(20)17-10-9-15(4)12-16(17)5/h9-10,12,14H,6-8,11,13H2,1-5H3. The normalized spacial score (nSPS) is 11.3. The number of ketones is 1. The first-order valence-corrected chi connectivity index (χ1v) is 7.80. The lowest BCUT2D eigenvalue weighted by atomic mass is 10.0. The lowest BCUT2D eigenvalue weighted by Gasteiger charge is -2.26. The van der Waals surface area contributed by atoms with Gasteiger partial charge in [0.25, 0.3) is 0 Å². The van der Waals surface area contributed by atoms with E-state index in [0.717, 1.165) is 17.7 Å². The third-order valence-electron chi connectivity index (χ3n) is 3.81. The minimum absolute atomic E-state index is 0.243. The number of carbonyl (C=O) groups excluding carboxylic acids is 1. The second-order valence-electron chi connectivity index (χ2n) is 6.01. The third kappa shape index (κ3) is 5.09. The Bertz CT molecular complexity index is 437. The first-order valence-electron chi connectivity index (χ1n) is 7.80. The van der Waals surface area contributed by atoms with Crippen molar-refractivity contribution < 1.29 is 4.79 Å². The molecular weight excluding hydrogens is 246 g/mol. The second kappa shape index (κ2) is 8.21. The van der Waals surface area contributed by atoms with E-state index in [4.69, 9.17) is 0 Å². The molecule has 0 bridgehead atoms. The summed E-state index contributed by atoms with van der Waals surface area (Å²) in [7, 11) is 0. The third-order valence-corrected chi connectivity index (χ3v) is 3.81. The molecule has 0 N–H and O–H groups in total. The molecule has 2 heteroatoms. The number of aryl methyl sites for hydroxylation is 2. The van der Waals surface area contributed by atoms with Gasteiger partial charge < -0.3 is 0 Å². The molecule has 0 amide bonds. The molecule has 112 valence electrons. The van der Waals surface area contributed by atoms with Crippen molar-refractivity contribution in [3.63, 3.8) is 0 Å². The maximum atomic E-state index is 12.5. The van der Waals surface area contributed by atoms with Crippen LogP contribution in [-0.4, -0.2) is 29.8 Å². The van der Waals surface area contributed by atoms with Crippen LogP contribution in [0.15, 0.2) is 18.2 Å². The summed E-state index contributed by atoms with van der Waals surface area (Å²) in [4.78, 5) is 14.8. The predicted octanol–water partition coefficient (Wildman–Crippen LogP) is 4.39. The summed E-state index contributed by atoms with van der Waals surface area (Å²) in [6.45, 7) is 12.2. The maximum Gasteiger partial charge on any atom is 0.177 e. The Morgan fingerprint density at radius 3 is 2.45 bits per heavy atom. The van der Waals surface area contributed by atoms with Gasteiger partial charge in [0.05, 0.1) is 6.54 Å². The van der Waals surface area contributed by atoms with Crippen molar-refractivity contribution in [3.8, 4) is 0 Å². The monoisotopic (exact) mass is 275 g/mol. The highest BCUT2D eigenvalue weighted by Crippen LogP contribution is 2.13. The highest BCUT2D eigenvalue weighted by Gasteiger charge is 2.16. The van der Waals surface area contributed by atoms with Crippen molar-refractivity contribution in [2.24, 2.45) is 0 Å². The Morgan fingerprint density at radius 2 is 1.90 bits per heavy atom. The van der Waals surface area contributed by atoms with Crippen LogP contribution in [-0.2, 0) is 0 Å². The Balaban J connectivity index is 2.70. The molecule has 1 rings (SSSR count). The molecule has 0 heterocycles. The van der Waals surface area contributed by atoms with E-state index in [9.17, 15) is 4.79 Å². The van der Waals surface area contributed by atoms with Gasteiger partial charge in [0, 0.05) is 11.6 Å². The van der Waals surface area contributed by atoms with Gasteiger partial charge in [0.1, 0.15) is 0 Å². The first-order chi connectivity index (χ1) is 9.45. The lowest BCUT2D eigenvalue weighted by molar-refractivity contribution is 0.0903. The van der Waals surface area contributed by atoms with E-state index in [2.05, 4.69) is 38.7 Å². The quantitative estimate of drug-likeness (QED) is 0.518. The molecule has 0 saturated carbocycles. The number of rotatable bonds is 8. The average molecular weight is 275 g/mol. The van der Waals surface area contributed by atoms with Gasteiger partial charge in [-0.25, -0.2) is 0 Å². The Morgan fingerprint density at radius 1 is 1.20 bits per heavy atom. The van der Waals surface area contributed by atoms with Gasteiger partial charge in [-0.2, -0.15) is 0 Å². The van der Waals surface area contributed by atoms with Crippen molar-refractivity contribution in [2.45, 2.75) is 59.9 Å². The molecule has 0 aliphatic carbocycles. The second-order valence-corrected chi connectivity index (χ2v) is 6.01. The molecule has 2 nitrogen and oxygen atoms in total. The molecule has 1 aromatic carbocycles. The van der Waals surface area contributed by atoms with Gasteiger partial charge in [-0.15, -0.1) is 0 Å². The fourth-order valence-electron chi connectivity index (χ4n) is 2.48. The number of hydrogen-bond donors (Lipinski definition) is 0. The smallest absolute Gasteiger partial charge is 0.177 e. The highest BCUT2D eigenvalue weighted by atomic mass is 16.1. The van der Waals surface area contributed by atoms with Crippen LogP contribution in [0.25, 0.3) is 0 Å². The molecule has 0 fully saturated rings. The molecule has 0 atom stereocenters. The van der Waals surface area contributed by atoms with E-state index in [1.807, 2.05) is 19.1 Å². The van der Waals surface area contributed by atoms with Crippen LogP contribution in [0, 0.1) is 13.8 Å². The molecule has 0 radical (unpaired) electrons. The SMILES string of the molecule is CCCCCN(CC(=O)c1ccc(C)cc1C)C(C)C. The van der Waals surface area contributed by atoms with Crippen molar-refractivity contribution >= 4 is 5.78 Å². The van der Waals surface area contributed by atoms with Gasteiger partial charge in [0.15, 0.2) is 5.78 Å². The van der Waals surface area contributed by atoms with Gasteiger partial charge in [-0.3, -0.25) is 9.69 Å². The van der Waals surface area contributed by atoms with Crippen molar-refractivity contribution in [2.75, 3.05) is 13.1 Å². The minimum atomic E-state index is 0.243. The average Bonchev–Trinajstić information content (AvgIpc) is 2.37. The summed E-state index contributed by atoms with van der Waals surface area (Å²) in [5.74, 6) is 0.243. The van der Waals surface area contributed by atoms with Crippen molar-refractivity contribution in [1.29, 1.82) is 0 Å². The molecule has 0 aliphatic rings. The van der Waals surface area contributed by atoms with Gasteiger partial charge in [0.2, 0.25) is 0 Å².